The van der Waals surface area contributed by atoms with Gasteiger partial charge in [0.2, 0.25) is 0 Å². The second-order valence-corrected chi connectivity index (χ2v) is 15.6. The van der Waals surface area contributed by atoms with E-state index in [2.05, 4.69) is 202 Å². The van der Waals surface area contributed by atoms with E-state index in [-0.39, 0.29) is 10.8 Å². The summed E-state index contributed by atoms with van der Waals surface area (Å²) in [4.78, 5) is 2.49. The molecule has 0 amide bonds. The minimum atomic E-state index is -0.198. The summed E-state index contributed by atoms with van der Waals surface area (Å²) in [5.41, 5.74) is 16.3. The number of rotatable bonds is 6. The third-order valence-electron chi connectivity index (χ3n) is 11.9. The van der Waals surface area contributed by atoms with E-state index >= 15 is 0 Å². The van der Waals surface area contributed by atoms with Gasteiger partial charge in [-0.3, -0.25) is 0 Å². The van der Waals surface area contributed by atoms with Gasteiger partial charge in [-0.25, -0.2) is 0 Å². The Morgan fingerprint density at radius 1 is 0.519 bits per heavy atom. The molecule has 10 rings (SSSR count). The molecule has 0 fully saturated rings. The number of hydrogen-bond acceptors (Lipinski definition) is 2. The van der Waals surface area contributed by atoms with Gasteiger partial charge in [-0.05, 0) is 81.8 Å². The number of hydrogen-bond donors (Lipinski definition) is 0. The maximum atomic E-state index is 6.47. The van der Waals surface area contributed by atoms with Crippen LogP contribution in [-0.2, 0) is 10.8 Å². The zero-order valence-electron chi connectivity index (χ0n) is 30.9. The maximum Gasteiger partial charge on any atom is 0.143 e. The molecule has 1 heterocycles. The highest BCUT2D eigenvalue weighted by molar-refractivity contribution is 6.09. The first-order valence-corrected chi connectivity index (χ1v) is 19.0. The molecule has 2 heteroatoms. The SMILES string of the molecule is CC1(c2ccccc2)C=C(N(c2ccc(-c3cccc4c3oc3ccccc34)cc2)c2ccc3c(c2)C(C)(C)c2ccccc2-3)C(c2ccccc2)=CC1. The van der Waals surface area contributed by atoms with E-state index < -0.39 is 0 Å². The minimum absolute atomic E-state index is 0.125. The predicted molar refractivity (Wildman–Crippen MR) is 226 cm³/mol. The van der Waals surface area contributed by atoms with Crippen molar-refractivity contribution in [3.63, 3.8) is 0 Å². The summed E-state index contributed by atoms with van der Waals surface area (Å²) >= 11 is 0. The van der Waals surface area contributed by atoms with Crippen LogP contribution in [0.5, 0.6) is 0 Å². The summed E-state index contributed by atoms with van der Waals surface area (Å²) in [6.07, 6.45) is 5.88. The zero-order chi connectivity index (χ0) is 36.4. The topological polar surface area (TPSA) is 16.4 Å². The van der Waals surface area contributed by atoms with Gasteiger partial charge in [-0.2, -0.15) is 0 Å². The van der Waals surface area contributed by atoms with E-state index in [0.29, 0.717) is 0 Å². The van der Waals surface area contributed by atoms with Crippen molar-refractivity contribution in [2.75, 3.05) is 4.90 Å². The molecule has 1 atom stereocenters. The molecule has 2 aliphatic carbocycles. The first-order valence-electron chi connectivity index (χ1n) is 19.0. The van der Waals surface area contributed by atoms with Crippen molar-refractivity contribution in [3.8, 4) is 22.3 Å². The molecule has 1 unspecified atom stereocenters. The van der Waals surface area contributed by atoms with Crippen LogP contribution in [0, 0.1) is 0 Å². The van der Waals surface area contributed by atoms with Crippen molar-refractivity contribution in [1.29, 1.82) is 0 Å². The quantitative estimate of drug-likeness (QED) is 0.172. The maximum absolute atomic E-state index is 6.47. The molecule has 8 aromatic rings. The molecule has 7 aromatic carbocycles. The lowest BCUT2D eigenvalue weighted by Crippen LogP contribution is -2.28. The molecule has 1 aromatic heterocycles. The van der Waals surface area contributed by atoms with E-state index in [0.717, 1.165) is 50.9 Å². The van der Waals surface area contributed by atoms with Crippen molar-refractivity contribution >= 4 is 38.9 Å². The molecule has 0 aliphatic heterocycles. The van der Waals surface area contributed by atoms with Crippen molar-refractivity contribution in [2.24, 2.45) is 0 Å². The van der Waals surface area contributed by atoms with Crippen molar-refractivity contribution in [1.82, 2.24) is 0 Å². The number of anilines is 2. The fourth-order valence-electron chi connectivity index (χ4n) is 8.97. The standard InChI is InChI=1S/C52H41NO/c1-51(2)46-23-12-10-19-42(46)43-30-29-39(33-47(43)51)53(48-34-52(3,37-17-8-5-9-18-37)32-31-40(48)35-15-6-4-7-16-35)38-27-25-36(26-28-38)41-21-14-22-45-44-20-11-13-24-49(44)54-50(41)45/h4-31,33-34H,32H2,1-3H3. The largest absolute Gasteiger partial charge is 0.455 e. The molecule has 54 heavy (non-hydrogen) atoms. The van der Waals surface area contributed by atoms with Gasteiger partial charge in [-0.1, -0.05) is 166 Å². The predicted octanol–water partition coefficient (Wildman–Crippen LogP) is 14.0. The highest BCUT2D eigenvalue weighted by Crippen LogP contribution is 2.52. The second-order valence-electron chi connectivity index (χ2n) is 15.6. The molecule has 2 aliphatic rings. The fourth-order valence-corrected chi connectivity index (χ4v) is 8.97. The highest BCUT2D eigenvalue weighted by atomic mass is 16.3. The molecule has 0 N–H and O–H groups in total. The Bertz CT molecular complexity index is 2770. The monoisotopic (exact) mass is 695 g/mol. The summed E-state index contributed by atoms with van der Waals surface area (Å²) < 4.78 is 6.47. The molecular weight excluding hydrogens is 655 g/mol. The Labute approximate surface area is 317 Å². The van der Waals surface area contributed by atoms with Crippen LogP contribution in [0.25, 0.3) is 49.8 Å². The molecule has 260 valence electrons. The number of nitrogens with zero attached hydrogens (tertiary/aromatic N) is 1. The van der Waals surface area contributed by atoms with Gasteiger partial charge in [0.25, 0.3) is 0 Å². The second kappa shape index (κ2) is 12.4. The summed E-state index contributed by atoms with van der Waals surface area (Å²) in [5, 5.41) is 2.28. The summed E-state index contributed by atoms with van der Waals surface area (Å²) in [7, 11) is 0. The zero-order valence-corrected chi connectivity index (χ0v) is 30.9. The smallest absolute Gasteiger partial charge is 0.143 e. The van der Waals surface area contributed by atoms with Gasteiger partial charge in [0.1, 0.15) is 11.2 Å². The lowest BCUT2D eigenvalue weighted by atomic mass is 9.74. The summed E-state index contributed by atoms with van der Waals surface area (Å²) in [6, 6.07) is 61.6. The third kappa shape index (κ3) is 5.09. The van der Waals surface area contributed by atoms with Crippen LogP contribution in [0.4, 0.5) is 11.4 Å². The van der Waals surface area contributed by atoms with Gasteiger partial charge in [0, 0.05) is 44.1 Å². The highest BCUT2D eigenvalue weighted by Gasteiger charge is 2.37. The van der Waals surface area contributed by atoms with Crippen LogP contribution in [0.15, 0.2) is 192 Å². The van der Waals surface area contributed by atoms with E-state index in [9.17, 15) is 0 Å². The fraction of sp³-hybridized carbons (Fsp3) is 0.115. The first-order chi connectivity index (χ1) is 26.4. The first kappa shape index (κ1) is 32.3. The van der Waals surface area contributed by atoms with E-state index in [4.69, 9.17) is 4.42 Å². The number of fused-ring (bicyclic) bond motifs is 6. The lowest BCUT2D eigenvalue weighted by Gasteiger charge is -2.38. The molecule has 0 saturated heterocycles. The summed E-state index contributed by atoms with van der Waals surface area (Å²) in [6.45, 7) is 7.10. The van der Waals surface area contributed by atoms with Crippen LogP contribution >= 0.6 is 0 Å². The van der Waals surface area contributed by atoms with Crippen LogP contribution in [-0.4, -0.2) is 0 Å². The number of para-hydroxylation sites is 2. The van der Waals surface area contributed by atoms with Crippen LogP contribution in [0.3, 0.4) is 0 Å². The van der Waals surface area contributed by atoms with E-state index in [1.165, 1.54) is 44.7 Å². The Kier molecular flexibility index (Phi) is 7.39. The average molecular weight is 696 g/mol. The minimum Gasteiger partial charge on any atom is -0.455 e. The number of furan rings is 1. The van der Waals surface area contributed by atoms with E-state index in [1.807, 2.05) is 6.07 Å². The average Bonchev–Trinajstić information content (AvgIpc) is 3.71. The van der Waals surface area contributed by atoms with Gasteiger partial charge in [-0.15, -0.1) is 0 Å². The van der Waals surface area contributed by atoms with Crippen molar-refractivity contribution in [3.05, 3.63) is 210 Å². The Morgan fingerprint density at radius 3 is 1.98 bits per heavy atom. The van der Waals surface area contributed by atoms with Crippen LogP contribution in [0.1, 0.15) is 49.4 Å². The molecule has 0 bridgehead atoms. The van der Waals surface area contributed by atoms with Gasteiger partial charge in [0.15, 0.2) is 0 Å². The van der Waals surface area contributed by atoms with Gasteiger partial charge in [0.05, 0.1) is 5.70 Å². The Hall–Kier alpha value is -6.38. The van der Waals surface area contributed by atoms with Crippen molar-refractivity contribution in [2.45, 2.75) is 38.0 Å². The third-order valence-corrected chi connectivity index (χ3v) is 11.9. The van der Waals surface area contributed by atoms with Crippen LogP contribution in [0.2, 0.25) is 0 Å². The normalized spacial score (nSPS) is 17.2. The van der Waals surface area contributed by atoms with E-state index in [1.54, 1.807) is 0 Å². The van der Waals surface area contributed by atoms with Crippen molar-refractivity contribution < 1.29 is 4.42 Å². The van der Waals surface area contributed by atoms with Crippen LogP contribution < -0.4 is 4.90 Å². The molecular formula is C52H41NO. The Morgan fingerprint density at radius 2 is 1.17 bits per heavy atom. The van der Waals surface area contributed by atoms with Gasteiger partial charge < -0.3 is 9.32 Å². The number of allylic oxidation sites excluding steroid dienone is 3. The molecule has 0 spiro atoms. The Balaban J connectivity index is 1.17. The van der Waals surface area contributed by atoms with Gasteiger partial charge >= 0.3 is 0 Å². The molecule has 2 nitrogen and oxygen atoms in total. The molecule has 0 saturated carbocycles. The summed E-state index contributed by atoms with van der Waals surface area (Å²) in [5.74, 6) is 0. The number of benzene rings is 7. The lowest BCUT2D eigenvalue weighted by molar-refractivity contribution is 0.595. The molecule has 0 radical (unpaired) electrons.